The lowest BCUT2D eigenvalue weighted by molar-refractivity contribution is -0.120. The molecule has 1 aliphatic heterocycles. The summed E-state index contributed by atoms with van der Waals surface area (Å²) in [5.74, 6) is -0.130. The Labute approximate surface area is 147 Å². The number of amides is 2. The predicted molar refractivity (Wildman–Crippen MR) is 96.3 cm³/mol. The summed E-state index contributed by atoms with van der Waals surface area (Å²) in [5.41, 5.74) is 2.98. The third-order valence-corrected chi connectivity index (χ3v) is 4.36. The van der Waals surface area contributed by atoms with Crippen molar-refractivity contribution in [2.75, 3.05) is 4.90 Å². The number of benzene rings is 2. The molecule has 5 heteroatoms. The molecule has 0 saturated carbocycles. The molecule has 0 bridgehead atoms. The Hall–Kier alpha value is -2.82. The molecular formula is C20H22N2O3. The van der Waals surface area contributed by atoms with Crippen molar-refractivity contribution in [1.29, 1.82) is 0 Å². The maximum Gasteiger partial charge on any atom is 0.408 e. The van der Waals surface area contributed by atoms with Gasteiger partial charge in [-0.1, -0.05) is 48.5 Å². The van der Waals surface area contributed by atoms with E-state index in [1.54, 1.807) is 11.8 Å². The average Bonchev–Trinajstić information content (AvgIpc) is 2.96. The Bertz CT molecular complexity index is 761. The second-order valence-corrected chi connectivity index (χ2v) is 6.32. The van der Waals surface area contributed by atoms with Gasteiger partial charge in [-0.15, -0.1) is 0 Å². The molecule has 2 amide bonds. The van der Waals surface area contributed by atoms with Crippen LogP contribution in [0.15, 0.2) is 54.6 Å². The van der Waals surface area contributed by atoms with E-state index in [0.29, 0.717) is 0 Å². The summed E-state index contributed by atoms with van der Waals surface area (Å²) in [6.45, 7) is 3.87. The molecular weight excluding hydrogens is 316 g/mol. The largest absolute Gasteiger partial charge is 0.445 e. The zero-order valence-corrected chi connectivity index (χ0v) is 14.4. The summed E-state index contributed by atoms with van der Waals surface area (Å²) in [6, 6.07) is 16.7. The minimum Gasteiger partial charge on any atom is -0.445 e. The number of carbonyl (C=O) groups excluding carboxylic acids is 2. The highest BCUT2D eigenvalue weighted by Gasteiger charge is 2.33. The van der Waals surface area contributed by atoms with Crippen LogP contribution in [0.1, 0.15) is 25.0 Å². The molecule has 2 aromatic rings. The van der Waals surface area contributed by atoms with Crippen LogP contribution < -0.4 is 10.2 Å². The first kappa shape index (κ1) is 17.0. The van der Waals surface area contributed by atoms with Crippen molar-refractivity contribution in [2.24, 2.45) is 0 Å². The Morgan fingerprint density at radius 2 is 1.84 bits per heavy atom. The van der Waals surface area contributed by atoms with Gasteiger partial charge in [-0.25, -0.2) is 4.79 Å². The van der Waals surface area contributed by atoms with Gasteiger partial charge in [0.2, 0.25) is 5.91 Å². The summed E-state index contributed by atoms with van der Waals surface area (Å²) < 4.78 is 5.19. The lowest BCUT2D eigenvalue weighted by atomic mass is 10.1. The van der Waals surface area contributed by atoms with Crippen molar-refractivity contribution in [3.8, 4) is 0 Å². The third-order valence-electron chi connectivity index (χ3n) is 4.36. The van der Waals surface area contributed by atoms with E-state index in [1.807, 2.05) is 61.5 Å². The molecule has 0 fully saturated rings. The average molecular weight is 338 g/mol. The highest BCUT2D eigenvalue weighted by Crippen LogP contribution is 2.32. The normalized spacial score (nSPS) is 16.9. The summed E-state index contributed by atoms with van der Waals surface area (Å²) in [7, 11) is 0. The number of alkyl carbamates (subject to hydrolysis) is 1. The second-order valence-electron chi connectivity index (χ2n) is 6.32. The fraction of sp³-hybridized carbons (Fsp3) is 0.300. The Morgan fingerprint density at radius 1 is 1.16 bits per heavy atom. The zero-order chi connectivity index (χ0) is 17.8. The van der Waals surface area contributed by atoms with Crippen LogP contribution in [0.3, 0.4) is 0 Å². The van der Waals surface area contributed by atoms with Gasteiger partial charge in [-0.05, 0) is 37.5 Å². The van der Waals surface area contributed by atoms with E-state index in [2.05, 4.69) is 5.32 Å². The number of carbonyl (C=O) groups is 2. The fourth-order valence-corrected chi connectivity index (χ4v) is 3.11. The lowest BCUT2D eigenvalue weighted by Crippen LogP contribution is -2.49. The van der Waals surface area contributed by atoms with Gasteiger partial charge in [0.1, 0.15) is 12.6 Å². The summed E-state index contributed by atoms with van der Waals surface area (Å²) in [6.07, 6.45) is 0.234. The predicted octanol–water partition coefficient (Wildman–Crippen LogP) is 3.28. The molecule has 1 N–H and O–H groups in total. The van der Waals surface area contributed by atoms with E-state index < -0.39 is 12.1 Å². The molecule has 2 atom stereocenters. The van der Waals surface area contributed by atoms with Gasteiger partial charge >= 0.3 is 6.09 Å². The summed E-state index contributed by atoms with van der Waals surface area (Å²) >= 11 is 0. The highest BCUT2D eigenvalue weighted by molar-refractivity contribution is 6.00. The van der Waals surface area contributed by atoms with Crippen molar-refractivity contribution < 1.29 is 14.3 Å². The molecule has 1 aliphatic rings. The second kappa shape index (κ2) is 7.38. The number of fused-ring (bicyclic) bond motifs is 1. The van der Waals surface area contributed by atoms with E-state index in [4.69, 9.17) is 4.74 Å². The fourth-order valence-electron chi connectivity index (χ4n) is 3.11. The highest BCUT2D eigenvalue weighted by atomic mass is 16.5. The van der Waals surface area contributed by atoms with Gasteiger partial charge in [0.25, 0.3) is 0 Å². The van der Waals surface area contributed by atoms with Crippen LogP contribution in [0, 0.1) is 0 Å². The number of rotatable bonds is 4. The molecule has 130 valence electrons. The van der Waals surface area contributed by atoms with Crippen molar-refractivity contribution in [3.05, 3.63) is 65.7 Å². The van der Waals surface area contributed by atoms with Gasteiger partial charge in [0, 0.05) is 11.7 Å². The van der Waals surface area contributed by atoms with Crippen LogP contribution in [0.4, 0.5) is 10.5 Å². The third kappa shape index (κ3) is 3.82. The van der Waals surface area contributed by atoms with Crippen LogP contribution in [0.2, 0.25) is 0 Å². The number of nitrogens with one attached hydrogen (secondary N) is 1. The molecule has 2 aromatic carbocycles. The number of anilines is 1. The minimum atomic E-state index is -0.656. The monoisotopic (exact) mass is 338 g/mol. The number of ether oxygens (including phenoxy) is 1. The first-order valence-corrected chi connectivity index (χ1v) is 8.44. The summed E-state index contributed by atoms with van der Waals surface area (Å²) in [4.78, 5) is 26.5. The SMILES string of the molecule is C[C@@H](NC(=O)OCc1ccccc1)C(=O)N1c2ccccc2C[C@@H]1C. The van der Waals surface area contributed by atoms with Crippen LogP contribution in [-0.2, 0) is 22.6 Å². The van der Waals surface area contributed by atoms with Crippen molar-refractivity contribution >= 4 is 17.7 Å². The minimum absolute atomic E-state index is 0.0782. The molecule has 25 heavy (non-hydrogen) atoms. The van der Waals surface area contributed by atoms with Gasteiger partial charge in [0.15, 0.2) is 0 Å². The van der Waals surface area contributed by atoms with Gasteiger partial charge in [-0.2, -0.15) is 0 Å². The van der Waals surface area contributed by atoms with Gasteiger partial charge < -0.3 is 15.0 Å². The Kier molecular flexibility index (Phi) is 5.03. The molecule has 5 nitrogen and oxygen atoms in total. The van der Waals surface area contributed by atoms with E-state index >= 15 is 0 Å². The van der Waals surface area contributed by atoms with E-state index in [1.165, 1.54) is 0 Å². The van der Waals surface area contributed by atoms with Crippen LogP contribution in [-0.4, -0.2) is 24.1 Å². The molecule has 0 saturated heterocycles. The molecule has 1 heterocycles. The van der Waals surface area contributed by atoms with Gasteiger partial charge in [0.05, 0.1) is 0 Å². The molecule has 0 spiro atoms. The van der Waals surface area contributed by atoms with Crippen LogP contribution >= 0.6 is 0 Å². The van der Waals surface area contributed by atoms with E-state index in [0.717, 1.165) is 23.2 Å². The Balaban J connectivity index is 1.58. The zero-order valence-electron chi connectivity index (χ0n) is 14.4. The number of hydrogen-bond donors (Lipinski definition) is 1. The standard InChI is InChI=1S/C20H22N2O3/c1-14-12-17-10-6-7-11-18(17)22(14)19(23)15(2)21-20(24)25-13-16-8-4-3-5-9-16/h3-11,14-15H,12-13H2,1-2H3,(H,21,24)/t14-,15+/m0/s1. The molecule has 0 aliphatic carbocycles. The number of para-hydroxylation sites is 1. The van der Waals surface area contributed by atoms with E-state index in [9.17, 15) is 9.59 Å². The van der Waals surface area contributed by atoms with Crippen LogP contribution in [0.25, 0.3) is 0 Å². The van der Waals surface area contributed by atoms with Crippen molar-refractivity contribution in [2.45, 2.75) is 39.0 Å². The topological polar surface area (TPSA) is 58.6 Å². The van der Waals surface area contributed by atoms with Crippen molar-refractivity contribution in [3.63, 3.8) is 0 Å². The molecule has 3 rings (SSSR count). The quantitative estimate of drug-likeness (QED) is 0.931. The smallest absolute Gasteiger partial charge is 0.408 e. The van der Waals surface area contributed by atoms with E-state index in [-0.39, 0.29) is 18.6 Å². The molecule has 0 unspecified atom stereocenters. The van der Waals surface area contributed by atoms with Crippen molar-refractivity contribution in [1.82, 2.24) is 5.32 Å². The molecule has 0 aromatic heterocycles. The number of nitrogens with zero attached hydrogens (tertiary/aromatic N) is 1. The Morgan fingerprint density at radius 3 is 2.60 bits per heavy atom. The first-order valence-electron chi connectivity index (χ1n) is 8.44. The van der Waals surface area contributed by atoms with Gasteiger partial charge in [-0.3, -0.25) is 4.79 Å². The summed E-state index contributed by atoms with van der Waals surface area (Å²) in [5, 5.41) is 2.63. The first-order chi connectivity index (χ1) is 12.1. The maximum absolute atomic E-state index is 12.8. The maximum atomic E-state index is 12.8. The molecule has 0 radical (unpaired) electrons. The lowest BCUT2D eigenvalue weighted by Gasteiger charge is -2.26. The number of hydrogen-bond acceptors (Lipinski definition) is 3. The van der Waals surface area contributed by atoms with Crippen LogP contribution in [0.5, 0.6) is 0 Å².